The first-order chi connectivity index (χ1) is 6.19. The number of alkyl halides is 3. The van der Waals surface area contributed by atoms with E-state index >= 15 is 0 Å². The van der Waals surface area contributed by atoms with Crippen molar-refractivity contribution < 1.29 is 22.8 Å². The van der Waals surface area contributed by atoms with Crippen LogP contribution in [-0.2, 0) is 9.63 Å². The van der Waals surface area contributed by atoms with E-state index in [1.54, 1.807) is 26.3 Å². The Bertz CT molecular complexity index is 201. The third-order valence-corrected chi connectivity index (χ3v) is 1.87. The average molecular weight is 213 g/mol. The molecule has 0 unspecified atom stereocenters. The normalized spacial score (nSPS) is 12.7. The Balaban J connectivity index is 3.87. The van der Waals surface area contributed by atoms with Crippen molar-refractivity contribution >= 4 is 5.97 Å². The van der Waals surface area contributed by atoms with Crippen LogP contribution in [0.4, 0.5) is 13.2 Å². The molecule has 0 aromatic carbocycles. The topological polar surface area (TPSA) is 38.3 Å². The highest BCUT2D eigenvalue weighted by molar-refractivity contribution is 5.75. The van der Waals surface area contributed by atoms with E-state index in [0.717, 1.165) is 0 Å². The highest BCUT2D eigenvalue weighted by Crippen LogP contribution is 2.21. The van der Waals surface area contributed by atoms with E-state index in [-0.39, 0.29) is 0 Å². The van der Waals surface area contributed by atoms with Gasteiger partial charge < -0.3 is 4.84 Å². The monoisotopic (exact) mass is 213 g/mol. The fourth-order valence-electron chi connectivity index (χ4n) is 0.466. The molecule has 0 rings (SSSR count). The number of carbonyl (C=O) groups is 1. The van der Waals surface area contributed by atoms with Crippen LogP contribution in [0.15, 0.2) is 0 Å². The van der Waals surface area contributed by atoms with Gasteiger partial charge in [-0.2, -0.15) is 13.2 Å². The minimum atomic E-state index is -4.38. The number of hydrogen-bond acceptors (Lipinski definition) is 3. The Hall–Kier alpha value is -0.780. The molecule has 3 nitrogen and oxygen atoms in total. The molecule has 0 aliphatic carbocycles. The van der Waals surface area contributed by atoms with Gasteiger partial charge in [-0.15, -0.1) is 5.48 Å². The number of hydroxylamine groups is 1. The van der Waals surface area contributed by atoms with E-state index in [4.69, 9.17) is 0 Å². The second kappa shape index (κ2) is 4.63. The predicted molar refractivity (Wildman–Crippen MR) is 44.2 cm³/mol. The summed E-state index contributed by atoms with van der Waals surface area (Å²) in [6.45, 7) is 3.62. The van der Waals surface area contributed by atoms with Gasteiger partial charge in [0.25, 0.3) is 0 Å². The van der Waals surface area contributed by atoms with Crippen molar-refractivity contribution in [3.05, 3.63) is 0 Å². The molecular weight excluding hydrogens is 199 g/mol. The van der Waals surface area contributed by atoms with Crippen molar-refractivity contribution in [3.8, 4) is 0 Å². The van der Waals surface area contributed by atoms with Crippen LogP contribution >= 0.6 is 0 Å². The first-order valence-electron chi connectivity index (χ1n) is 4.20. The third-order valence-electron chi connectivity index (χ3n) is 1.87. The number of nitrogens with one attached hydrogen (secondary N) is 1. The summed E-state index contributed by atoms with van der Waals surface area (Å²) in [5, 5.41) is 0. The summed E-state index contributed by atoms with van der Waals surface area (Å²) < 4.78 is 34.9. The van der Waals surface area contributed by atoms with Crippen LogP contribution in [-0.4, -0.2) is 18.7 Å². The van der Waals surface area contributed by atoms with E-state index in [9.17, 15) is 18.0 Å². The van der Waals surface area contributed by atoms with Crippen LogP contribution in [0.25, 0.3) is 0 Å². The maximum Gasteiger partial charge on any atom is 0.404 e. The summed E-state index contributed by atoms with van der Waals surface area (Å²) in [6, 6.07) is 0. The molecule has 0 aliphatic rings. The Morgan fingerprint density at radius 2 is 1.86 bits per heavy atom. The molecule has 0 amide bonds. The Kier molecular flexibility index (Phi) is 4.38. The van der Waals surface area contributed by atoms with Crippen LogP contribution in [0.1, 0.15) is 27.2 Å². The molecule has 0 saturated heterocycles. The highest BCUT2D eigenvalue weighted by Gasteiger charge is 2.30. The Labute approximate surface area is 80.6 Å². The number of halogens is 3. The highest BCUT2D eigenvalue weighted by atomic mass is 19.4. The fourth-order valence-corrected chi connectivity index (χ4v) is 0.466. The summed E-state index contributed by atoms with van der Waals surface area (Å²) in [5.74, 6) is -0.691. The second-order valence-corrected chi connectivity index (χ2v) is 3.56. The number of rotatable bonds is 4. The minimum Gasteiger partial charge on any atom is -0.370 e. The Morgan fingerprint density at radius 1 is 1.36 bits per heavy atom. The van der Waals surface area contributed by atoms with Crippen molar-refractivity contribution in [3.63, 3.8) is 0 Å². The smallest absolute Gasteiger partial charge is 0.370 e. The first kappa shape index (κ1) is 13.2. The standard InChI is InChI=1S/C8H14F3NO2/c1-4-7(2,3)6(13)14-12-5-8(9,10)11/h12H,4-5H2,1-3H3. The lowest BCUT2D eigenvalue weighted by Gasteiger charge is -2.20. The third kappa shape index (κ3) is 5.06. The van der Waals surface area contributed by atoms with Crippen molar-refractivity contribution in [1.29, 1.82) is 0 Å². The van der Waals surface area contributed by atoms with Gasteiger partial charge in [0, 0.05) is 0 Å². The van der Waals surface area contributed by atoms with E-state index in [1.807, 2.05) is 0 Å². The van der Waals surface area contributed by atoms with Crippen molar-refractivity contribution in [2.45, 2.75) is 33.4 Å². The van der Waals surface area contributed by atoms with Gasteiger partial charge in [0.05, 0.1) is 5.41 Å². The minimum absolute atomic E-state index is 0.500. The van der Waals surface area contributed by atoms with Gasteiger partial charge in [-0.1, -0.05) is 6.92 Å². The molecule has 14 heavy (non-hydrogen) atoms. The Morgan fingerprint density at radius 3 is 2.21 bits per heavy atom. The van der Waals surface area contributed by atoms with E-state index in [0.29, 0.717) is 6.42 Å². The summed E-state index contributed by atoms with van der Waals surface area (Å²) in [4.78, 5) is 15.4. The van der Waals surface area contributed by atoms with Crippen LogP contribution in [0.3, 0.4) is 0 Å². The van der Waals surface area contributed by atoms with Crippen LogP contribution in [0.5, 0.6) is 0 Å². The SMILES string of the molecule is CCC(C)(C)C(=O)ONCC(F)(F)F. The lowest BCUT2D eigenvalue weighted by atomic mass is 9.91. The summed E-state index contributed by atoms with van der Waals surface area (Å²) in [7, 11) is 0. The molecule has 0 aromatic heterocycles. The maximum atomic E-state index is 11.6. The van der Waals surface area contributed by atoms with Gasteiger partial charge >= 0.3 is 12.1 Å². The van der Waals surface area contributed by atoms with Crippen molar-refractivity contribution in [1.82, 2.24) is 5.48 Å². The molecule has 84 valence electrons. The largest absolute Gasteiger partial charge is 0.404 e. The van der Waals surface area contributed by atoms with Crippen molar-refractivity contribution in [2.24, 2.45) is 5.41 Å². The summed E-state index contributed by atoms with van der Waals surface area (Å²) >= 11 is 0. The van der Waals surface area contributed by atoms with Crippen molar-refractivity contribution in [2.75, 3.05) is 6.54 Å². The number of hydrogen-bond donors (Lipinski definition) is 1. The second-order valence-electron chi connectivity index (χ2n) is 3.56. The van der Waals surface area contributed by atoms with Crippen LogP contribution in [0.2, 0.25) is 0 Å². The molecule has 0 atom stereocenters. The van der Waals surface area contributed by atoms with E-state index < -0.39 is 24.1 Å². The summed E-state index contributed by atoms with van der Waals surface area (Å²) in [5.41, 5.74) is 0.826. The quantitative estimate of drug-likeness (QED) is 0.726. The average Bonchev–Trinajstić information content (AvgIpc) is 2.02. The molecule has 0 heterocycles. The van der Waals surface area contributed by atoms with E-state index in [1.165, 1.54) is 0 Å². The number of carbonyl (C=O) groups excluding carboxylic acids is 1. The van der Waals surface area contributed by atoms with Crippen LogP contribution in [0, 0.1) is 5.41 Å². The zero-order valence-electron chi connectivity index (χ0n) is 8.36. The van der Waals surface area contributed by atoms with Gasteiger partial charge in [0.1, 0.15) is 6.54 Å². The van der Waals surface area contributed by atoms with Gasteiger partial charge in [0.15, 0.2) is 0 Å². The lowest BCUT2D eigenvalue weighted by Crippen LogP contribution is -2.36. The molecular formula is C8H14F3NO2. The molecule has 0 fully saturated rings. The molecule has 0 bridgehead atoms. The zero-order valence-corrected chi connectivity index (χ0v) is 8.36. The van der Waals surface area contributed by atoms with Gasteiger partial charge in [-0.25, -0.2) is 4.79 Å². The zero-order chi connectivity index (χ0) is 11.4. The molecule has 1 N–H and O–H groups in total. The predicted octanol–water partition coefficient (Wildman–Crippen LogP) is 2.03. The first-order valence-corrected chi connectivity index (χ1v) is 4.20. The molecule has 6 heteroatoms. The molecule has 0 saturated carbocycles. The fraction of sp³-hybridized carbons (Fsp3) is 0.875. The van der Waals surface area contributed by atoms with Gasteiger partial charge in [0.2, 0.25) is 0 Å². The molecule has 0 spiro atoms. The molecule has 0 aromatic rings. The van der Waals surface area contributed by atoms with Crippen LogP contribution < -0.4 is 5.48 Å². The maximum absolute atomic E-state index is 11.6. The molecule has 0 radical (unpaired) electrons. The molecule has 0 aliphatic heterocycles. The summed E-state index contributed by atoms with van der Waals surface area (Å²) in [6.07, 6.45) is -3.88. The van der Waals surface area contributed by atoms with E-state index in [2.05, 4.69) is 4.84 Å². The lowest BCUT2D eigenvalue weighted by molar-refractivity contribution is -0.176. The van der Waals surface area contributed by atoms with Gasteiger partial charge in [-0.05, 0) is 20.3 Å². The van der Waals surface area contributed by atoms with Gasteiger partial charge in [-0.3, -0.25) is 0 Å².